The molecule has 0 N–H and O–H groups in total. The first-order valence-electron chi connectivity index (χ1n) is 7.40. The Morgan fingerprint density at radius 1 is 1.32 bits per heavy atom. The average molecular weight is 418 g/mol. The zero-order chi connectivity index (χ0) is 17.7. The van der Waals surface area contributed by atoms with E-state index in [9.17, 15) is 18.0 Å². The second-order valence-corrected chi connectivity index (χ2v) is 6.45. The van der Waals surface area contributed by atoms with Gasteiger partial charge in [0.05, 0.1) is 12.1 Å². The van der Waals surface area contributed by atoms with Crippen LogP contribution in [0.1, 0.15) is 0 Å². The minimum Gasteiger partial charge on any atom is -0.491 e. The monoisotopic (exact) mass is 417 g/mol. The summed E-state index contributed by atoms with van der Waals surface area (Å²) in [5.74, 6) is -0.642. The molecule has 0 aliphatic carbocycles. The summed E-state index contributed by atoms with van der Waals surface area (Å²) in [7, 11) is 0. The van der Waals surface area contributed by atoms with E-state index in [-0.39, 0.29) is 19.0 Å². The first-order valence-corrected chi connectivity index (χ1v) is 8.19. The molecule has 1 aromatic carbocycles. The lowest BCUT2D eigenvalue weighted by Gasteiger charge is -2.18. The fourth-order valence-electron chi connectivity index (χ4n) is 2.90. The Kier molecular flexibility index (Phi) is 3.86. The van der Waals surface area contributed by atoms with Gasteiger partial charge >= 0.3 is 6.09 Å². The first-order chi connectivity index (χ1) is 12.0. The largest absolute Gasteiger partial charge is 0.491 e. The third-order valence-corrected chi connectivity index (χ3v) is 4.56. The number of ether oxygens (including phenoxy) is 2. The number of amides is 1. The number of carbonyl (C=O) groups excluding carboxylic acids is 1. The second kappa shape index (κ2) is 5.94. The van der Waals surface area contributed by atoms with Crippen LogP contribution in [0.2, 0.25) is 0 Å². The van der Waals surface area contributed by atoms with Crippen molar-refractivity contribution in [3.05, 3.63) is 28.6 Å². The predicted molar refractivity (Wildman–Crippen MR) is 84.4 cm³/mol. The van der Waals surface area contributed by atoms with Gasteiger partial charge in [0.1, 0.15) is 30.8 Å². The van der Waals surface area contributed by atoms with Crippen molar-refractivity contribution >= 4 is 27.8 Å². The molecule has 2 aliphatic rings. The van der Waals surface area contributed by atoms with E-state index in [1.807, 2.05) is 0 Å². The van der Waals surface area contributed by atoms with Gasteiger partial charge in [-0.1, -0.05) is 15.9 Å². The highest BCUT2D eigenvalue weighted by Crippen LogP contribution is 2.38. The first kappa shape index (κ1) is 16.2. The summed E-state index contributed by atoms with van der Waals surface area (Å²) < 4.78 is 53.4. The van der Waals surface area contributed by atoms with Crippen LogP contribution in [-0.2, 0) is 11.3 Å². The van der Waals surface area contributed by atoms with E-state index in [0.29, 0.717) is 16.2 Å². The molecule has 1 aromatic heterocycles. The van der Waals surface area contributed by atoms with Crippen molar-refractivity contribution in [3.63, 3.8) is 0 Å². The number of nitrogens with zero attached hydrogens (tertiary/aromatic N) is 3. The Labute approximate surface area is 148 Å². The summed E-state index contributed by atoms with van der Waals surface area (Å²) in [6, 6.07) is 3.56. The van der Waals surface area contributed by atoms with Crippen LogP contribution in [0.5, 0.6) is 5.75 Å². The van der Waals surface area contributed by atoms with Gasteiger partial charge in [-0.3, -0.25) is 4.57 Å². The van der Waals surface area contributed by atoms with Crippen LogP contribution in [0.25, 0.3) is 11.4 Å². The summed E-state index contributed by atoms with van der Waals surface area (Å²) >= 11 is 3.33. The Morgan fingerprint density at radius 3 is 2.88 bits per heavy atom. The molecule has 10 heteroatoms. The summed E-state index contributed by atoms with van der Waals surface area (Å²) in [6.07, 6.45) is -3.91. The summed E-state index contributed by atoms with van der Waals surface area (Å²) in [5.41, 5.74) is 0.506. The lowest BCUT2D eigenvalue weighted by atomic mass is 10.2. The summed E-state index contributed by atoms with van der Waals surface area (Å²) in [6.45, 7) is -0.209. The number of aromatic nitrogens is 2. The number of rotatable bonds is 2. The Morgan fingerprint density at radius 2 is 2.12 bits per heavy atom. The van der Waals surface area contributed by atoms with Crippen LogP contribution < -0.4 is 9.64 Å². The van der Waals surface area contributed by atoms with E-state index >= 15 is 0 Å². The van der Waals surface area contributed by atoms with Gasteiger partial charge in [-0.2, -0.15) is 4.39 Å². The molecular weight excluding hydrogens is 407 g/mol. The van der Waals surface area contributed by atoms with Crippen LogP contribution in [0.3, 0.4) is 0 Å². The lowest BCUT2D eigenvalue weighted by molar-refractivity contribution is 0.104. The second-order valence-electron chi connectivity index (χ2n) is 5.54. The average Bonchev–Trinajstić information content (AvgIpc) is 3.03. The van der Waals surface area contributed by atoms with E-state index in [4.69, 9.17) is 4.74 Å². The van der Waals surface area contributed by atoms with Gasteiger partial charge in [-0.15, -0.1) is 0 Å². The number of hydrogen-bond donors (Lipinski definition) is 0. The standard InChI is InChI=1S/C15H11BrF3N3O3/c16-7-1-2-8-10(5-7)24-4-3-21-12(19)14(20-13(8)21)22-9(11(17)18)6-25-15(22)23/h1-2,5,9,11H,3-4,6H2/t9-/m0/s1. The predicted octanol–water partition coefficient (Wildman–Crippen LogP) is 3.43. The minimum absolute atomic E-state index is 0.128. The van der Waals surface area contributed by atoms with Crippen LogP contribution >= 0.6 is 15.9 Å². The van der Waals surface area contributed by atoms with Gasteiger partial charge in [0, 0.05) is 4.47 Å². The quantitative estimate of drug-likeness (QED) is 0.750. The number of cyclic esters (lactones) is 1. The molecule has 6 nitrogen and oxygen atoms in total. The molecule has 0 bridgehead atoms. The van der Waals surface area contributed by atoms with Gasteiger partial charge in [0.15, 0.2) is 5.82 Å². The molecule has 0 saturated carbocycles. The lowest BCUT2D eigenvalue weighted by Crippen LogP contribution is -2.39. The topological polar surface area (TPSA) is 56.6 Å². The molecule has 25 heavy (non-hydrogen) atoms. The molecule has 0 radical (unpaired) electrons. The van der Waals surface area contributed by atoms with Crippen LogP contribution in [0.4, 0.5) is 23.8 Å². The van der Waals surface area contributed by atoms with E-state index in [1.54, 1.807) is 18.2 Å². The Bertz CT molecular complexity index is 858. The number of imidazole rings is 1. The van der Waals surface area contributed by atoms with Crippen molar-refractivity contribution in [2.24, 2.45) is 0 Å². The smallest absolute Gasteiger partial charge is 0.416 e. The van der Waals surface area contributed by atoms with Crippen LogP contribution in [0, 0.1) is 5.95 Å². The van der Waals surface area contributed by atoms with Crippen molar-refractivity contribution in [1.82, 2.24) is 9.55 Å². The Balaban J connectivity index is 1.85. The molecule has 0 unspecified atom stereocenters. The molecule has 1 amide bonds. The molecule has 0 spiro atoms. The highest BCUT2D eigenvalue weighted by atomic mass is 79.9. The number of benzene rings is 1. The van der Waals surface area contributed by atoms with Crippen molar-refractivity contribution < 1.29 is 27.4 Å². The number of fused-ring (bicyclic) bond motifs is 3. The van der Waals surface area contributed by atoms with E-state index in [1.165, 1.54) is 4.57 Å². The maximum Gasteiger partial charge on any atom is 0.416 e. The maximum absolute atomic E-state index is 14.9. The molecule has 1 saturated heterocycles. The van der Waals surface area contributed by atoms with Gasteiger partial charge in [0.25, 0.3) is 6.43 Å². The molecule has 1 atom stereocenters. The molecule has 4 rings (SSSR count). The number of halogens is 4. The molecule has 1 fully saturated rings. The normalized spacial score (nSPS) is 19.3. The zero-order valence-corrected chi connectivity index (χ0v) is 14.2. The molecule has 2 aliphatic heterocycles. The summed E-state index contributed by atoms with van der Waals surface area (Å²) in [5, 5.41) is 0. The molecule has 2 aromatic rings. The van der Waals surface area contributed by atoms with Crippen molar-refractivity contribution in [2.75, 3.05) is 18.1 Å². The van der Waals surface area contributed by atoms with Gasteiger partial charge < -0.3 is 9.47 Å². The third-order valence-electron chi connectivity index (χ3n) is 4.07. The van der Waals surface area contributed by atoms with E-state index < -0.39 is 36.9 Å². The van der Waals surface area contributed by atoms with E-state index in [0.717, 1.165) is 4.47 Å². The van der Waals surface area contributed by atoms with Gasteiger partial charge in [0.2, 0.25) is 5.95 Å². The highest BCUT2D eigenvalue weighted by molar-refractivity contribution is 9.10. The van der Waals surface area contributed by atoms with E-state index in [2.05, 4.69) is 25.7 Å². The maximum atomic E-state index is 14.9. The highest BCUT2D eigenvalue weighted by Gasteiger charge is 2.44. The number of hydrogen-bond acceptors (Lipinski definition) is 4. The number of anilines is 1. The number of carbonyl (C=O) groups is 1. The molecular formula is C15H11BrF3N3O3. The van der Waals surface area contributed by atoms with Crippen LogP contribution in [-0.4, -0.2) is 41.3 Å². The van der Waals surface area contributed by atoms with Gasteiger partial charge in [-0.05, 0) is 18.2 Å². The van der Waals surface area contributed by atoms with Crippen molar-refractivity contribution in [3.8, 4) is 17.1 Å². The molecule has 132 valence electrons. The molecule has 3 heterocycles. The number of alkyl halides is 2. The fraction of sp³-hybridized carbons (Fsp3) is 0.333. The zero-order valence-electron chi connectivity index (χ0n) is 12.6. The van der Waals surface area contributed by atoms with Gasteiger partial charge in [-0.25, -0.2) is 23.5 Å². The van der Waals surface area contributed by atoms with Crippen molar-refractivity contribution in [1.29, 1.82) is 0 Å². The SMILES string of the molecule is O=C1OC[C@@H](C(F)F)N1c1nc2n(c1F)CCOc1cc(Br)ccc1-2. The minimum atomic E-state index is -2.88. The summed E-state index contributed by atoms with van der Waals surface area (Å²) in [4.78, 5) is 16.6. The third kappa shape index (κ3) is 2.55. The fourth-order valence-corrected chi connectivity index (χ4v) is 3.24. The Hall–Kier alpha value is -2.23. The van der Waals surface area contributed by atoms with Crippen LogP contribution in [0.15, 0.2) is 22.7 Å². The van der Waals surface area contributed by atoms with Crippen molar-refractivity contribution in [2.45, 2.75) is 19.0 Å².